The van der Waals surface area contributed by atoms with Gasteiger partial charge in [0.15, 0.2) is 0 Å². The van der Waals surface area contributed by atoms with Gasteiger partial charge in [-0.05, 0) is 70.6 Å². The van der Waals surface area contributed by atoms with Crippen LogP contribution < -0.4 is 5.32 Å². The van der Waals surface area contributed by atoms with Crippen molar-refractivity contribution in [3.8, 4) is 0 Å². The third-order valence-electron chi connectivity index (χ3n) is 10.3. The van der Waals surface area contributed by atoms with Crippen molar-refractivity contribution in [2.24, 2.45) is 0 Å². The van der Waals surface area contributed by atoms with Gasteiger partial charge in [-0.3, -0.25) is 4.79 Å². The summed E-state index contributed by atoms with van der Waals surface area (Å²) in [5, 5.41) is 33.3. The Balaban J connectivity index is 3.72. The van der Waals surface area contributed by atoms with Gasteiger partial charge >= 0.3 is 0 Å². The molecule has 3 unspecified atom stereocenters. The molecule has 0 aromatic rings. The lowest BCUT2D eigenvalue weighted by atomic mass is 10.0. The molecule has 0 saturated carbocycles. The summed E-state index contributed by atoms with van der Waals surface area (Å²) < 4.78 is 0. The van der Waals surface area contributed by atoms with E-state index < -0.39 is 18.2 Å². The minimum atomic E-state index is -0.962. The number of nitrogens with one attached hydrogen (secondary N) is 1. The Morgan fingerprint density at radius 2 is 0.907 bits per heavy atom. The Hall–Kier alpha value is -1.95. The first-order valence-corrected chi connectivity index (χ1v) is 23.1. The van der Waals surface area contributed by atoms with Gasteiger partial charge in [0, 0.05) is 0 Å². The zero-order valence-corrected chi connectivity index (χ0v) is 35.6. The van der Waals surface area contributed by atoms with E-state index in [4.69, 9.17) is 0 Å². The number of aliphatic hydroxyl groups excluding tert-OH is 3. The molecule has 1 amide bonds. The van der Waals surface area contributed by atoms with Crippen LogP contribution in [0.5, 0.6) is 0 Å². The lowest BCUT2D eigenvalue weighted by molar-refractivity contribution is -0.124. The van der Waals surface area contributed by atoms with Crippen molar-refractivity contribution < 1.29 is 20.1 Å². The second kappa shape index (κ2) is 43.8. The van der Waals surface area contributed by atoms with E-state index in [1.54, 1.807) is 6.08 Å². The highest BCUT2D eigenvalue weighted by Crippen LogP contribution is 2.15. The summed E-state index contributed by atoms with van der Waals surface area (Å²) in [5.74, 6) is -0.332. The number of carbonyl (C=O) groups is 1. The minimum Gasteiger partial charge on any atom is -0.394 e. The summed E-state index contributed by atoms with van der Waals surface area (Å²) in [4.78, 5) is 12.4. The van der Waals surface area contributed by atoms with Crippen molar-refractivity contribution >= 4 is 5.91 Å². The average molecular weight is 756 g/mol. The van der Waals surface area contributed by atoms with E-state index in [1.807, 2.05) is 6.08 Å². The molecule has 0 aromatic carbocycles. The van der Waals surface area contributed by atoms with Crippen LogP contribution in [-0.4, -0.2) is 46.1 Å². The van der Waals surface area contributed by atoms with Crippen LogP contribution in [0, 0.1) is 0 Å². The van der Waals surface area contributed by atoms with Gasteiger partial charge in [0.25, 0.3) is 0 Å². The fourth-order valence-electron chi connectivity index (χ4n) is 6.76. The number of rotatable bonds is 41. The minimum absolute atomic E-state index is 0.000425. The van der Waals surface area contributed by atoms with Crippen molar-refractivity contribution in [2.45, 2.75) is 238 Å². The van der Waals surface area contributed by atoms with E-state index in [0.717, 1.165) is 51.4 Å². The molecule has 0 bridgehead atoms. The Bertz CT molecular complexity index is 923. The summed E-state index contributed by atoms with van der Waals surface area (Å²) >= 11 is 0. The van der Waals surface area contributed by atoms with Crippen LogP contribution in [0.1, 0.15) is 219 Å². The van der Waals surface area contributed by atoms with Crippen molar-refractivity contribution in [3.63, 3.8) is 0 Å². The quantitative estimate of drug-likeness (QED) is 0.0369. The first-order chi connectivity index (χ1) is 26.5. The molecule has 0 aliphatic heterocycles. The van der Waals surface area contributed by atoms with Gasteiger partial charge in [-0.2, -0.15) is 0 Å². The smallest absolute Gasteiger partial charge is 0.222 e. The number of aliphatic hydroxyl groups is 3. The van der Waals surface area contributed by atoms with Gasteiger partial charge in [-0.1, -0.05) is 203 Å². The largest absolute Gasteiger partial charge is 0.394 e. The van der Waals surface area contributed by atoms with Crippen molar-refractivity contribution in [2.75, 3.05) is 6.61 Å². The number of carbonyl (C=O) groups excluding carboxylic acids is 1. The molecule has 314 valence electrons. The molecule has 0 rings (SSSR count). The molecule has 0 heterocycles. The molecule has 54 heavy (non-hydrogen) atoms. The number of allylic oxidation sites excluding steroid dienone is 9. The lowest BCUT2D eigenvalue weighted by Crippen LogP contribution is -2.45. The van der Waals surface area contributed by atoms with Crippen molar-refractivity contribution in [1.82, 2.24) is 5.32 Å². The van der Waals surface area contributed by atoms with Crippen molar-refractivity contribution in [1.29, 1.82) is 0 Å². The summed E-state index contributed by atoms with van der Waals surface area (Å²) in [7, 11) is 0. The molecular formula is C49H89NO4. The number of amides is 1. The van der Waals surface area contributed by atoms with E-state index >= 15 is 0 Å². The number of hydrogen-bond donors (Lipinski definition) is 4. The van der Waals surface area contributed by atoms with Crippen LogP contribution in [0.15, 0.2) is 60.8 Å². The van der Waals surface area contributed by atoms with Gasteiger partial charge in [-0.25, -0.2) is 0 Å². The average Bonchev–Trinajstić information content (AvgIpc) is 3.16. The molecule has 5 nitrogen and oxygen atoms in total. The normalized spacial score (nSPS) is 14.1. The van der Waals surface area contributed by atoms with Gasteiger partial charge in [0.2, 0.25) is 5.91 Å². The number of hydrogen-bond acceptors (Lipinski definition) is 4. The summed E-state index contributed by atoms with van der Waals surface area (Å²) in [6, 6.07) is -0.769. The molecule has 0 aliphatic carbocycles. The van der Waals surface area contributed by atoms with E-state index in [-0.39, 0.29) is 18.9 Å². The molecule has 3 atom stereocenters. The van der Waals surface area contributed by atoms with Crippen LogP contribution >= 0.6 is 0 Å². The maximum Gasteiger partial charge on any atom is 0.222 e. The molecule has 5 heteroatoms. The number of unbranched alkanes of at least 4 members (excludes halogenated alkanes) is 24. The highest BCUT2D eigenvalue weighted by atomic mass is 16.3. The van der Waals surface area contributed by atoms with Crippen LogP contribution in [-0.2, 0) is 4.79 Å². The third kappa shape index (κ3) is 39.7. The van der Waals surface area contributed by atoms with Crippen LogP contribution in [0.4, 0.5) is 0 Å². The molecule has 0 fully saturated rings. The Morgan fingerprint density at radius 3 is 1.39 bits per heavy atom. The predicted molar refractivity (Wildman–Crippen MR) is 236 cm³/mol. The molecule has 0 spiro atoms. The maximum absolute atomic E-state index is 12.4. The zero-order valence-electron chi connectivity index (χ0n) is 35.6. The lowest BCUT2D eigenvalue weighted by Gasteiger charge is -2.21. The molecule has 0 radical (unpaired) electrons. The van der Waals surface area contributed by atoms with E-state index in [2.05, 4.69) is 67.8 Å². The fraction of sp³-hybridized carbons (Fsp3) is 0.776. The van der Waals surface area contributed by atoms with E-state index in [0.29, 0.717) is 6.42 Å². The summed E-state index contributed by atoms with van der Waals surface area (Å²) in [5.41, 5.74) is 0. The zero-order chi connectivity index (χ0) is 39.4. The highest BCUT2D eigenvalue weighted by molar-refractivity contribution is 5.76. The monoisotopic (exact) mass is 756 g/mol. The molecule has 0 aromatic heterocycles. The Morgan fingerprint density at radius 1 is 0.500 bits per heavy atom. The van der Waals surface area contributed by atoms with E-state index in [9.17, 15) is 20.1 Å². The molecule has 0 saturated heterocycles. The third-order valence-corrected chi connectivity index (χ3v) is 10.3. The first kappa shape index (κ1) is 52.0. The van der Waals surface area contributed by atoms with Crippen LogP contribution in [0.25, 0.3) is 0 Å². The standard InChI is InChI=1S/C49H89NO4/c1-3-5-7-9-11-13-15-17-19-21-23-25-27-29-31-33-35-37-39-41-43-48(53)47(45-51)50-49(54)44-46(52)42-40-38-36-34-32-30-28-26-24-22-20-18-16-14-12-10-8-6-4-2/h6,8,12,14,25,27,33,35,41,43,46-48,51-53H,3-5,7,9-11,13,15-24,26,28-32,34,36-40,42,44-45H2,1-2H3,(H,50,54)/b8-6-,14-12-,27-25+,35-33+,43-41+. The second-order valence-electron chi connectivity index (χ2n) is 15.6. The second-order valence-corrected chi connectivity index (χ2v) is 15.6. The van der Waals surface area contributed by atoms with Crippen LogP contribution in [0.3, 0.4) is 0 Å². The maximum atomic E-state index is 12.4. The van der Waals surface area contributed by atoms with Crippen LogP contribution in [0.2, 0.25) is 0 Å². The Labute approximate surface area is 335 Å². The van der Waals surface area contributed by atoms with Gasteiger partial charge in [-0.15, -0.1) is 0 Å². The predicted octanol–water partition coefficient (Wildman–Crippen LogP) is 13.5. The summed E-state index contributed by atoms with van der Waals surface area (Å²) in [6.07, 6.45) is 58.0. The highest BCUT2D eigenvalue weighted by Gasteiger charge is 2.20. The Kier molecular flexibility index (Phi) is 42.2. The van der Waals surface area contributed by atoms with Gasteiger partial charge in [0.1, 0.15) is 0 Å². The SMILES string of the molecule is CC/C=C\C/C=C\CCCCCCCCCCCCCCC(O)CC(=O)NC(CO)C(O)/C=C/CC/C=C/CC/C=C/CCCCCCCCCCCC. The molecular weight excluding hydrogens is 667 g/mol. The topological polar surface area (TPSA) is 89.8 Å². The molecule has 0 aliphatic rings. The summed E-state index contributed by atoms with van der Waals surface area (Å²) in [6.45, 7) is 4.10. The van der Waals surface area contributed by atoms with Crippen molar-refractivity contribution in [3.05, 3.63) is 60.8 Å². The fourth-order valence-corrected chi connectivity index (χ4v) is 6.76. The first-order valence-electron chi connectivity index (χ1n) is 23.1. The van der Waals surface area contributed by atoms with E-state index in [1.165, 1.54) is 141 Å². The molecule has 4 N–H and O–H groups in total. The van der Waals surface area contributed by atoms with Gasteiger partial charge < -0.3 is 20.6 Å². The van der Waals surface area contributed by atoms with Gasteiger partial charge in [0.05, 0.1) is 31.3 Å².